The third-order valence-electron chi connectivity index (χ3n) is 2.83. The van der Waals surface area contributed by atoms with E-state index in [4.69, 9.17) is 11.6 Å². The fourth-order valence-electron chi connectivity index (χ4n) is 1.88. The quantitative estimate of drug-likeness (QED) is 0.874. The molecule has 19 heavy (non-hydrogen) atoms. The van der Waals surface area contributed by atoms with E-state index in [2.05, 4.69) is 10.4 Å². The van der Waals surface area contributed by atoms with Crippen LogP contribution in [0.2, 0.25) is 0 Å². The second-order valence-electron chi connectivity index (χ2n) is 4.38. The molecule has 0 fully saturated rings. The Bertz CT molecular complexity index is 575. The molecule has 0 atom stereocenters. The van der Waals surface area contributed by atoms with Gasteiger partial charge in [-0.1, -0.05) is 12.1 Å². The van der Waals surface area contributed by atoms with E-state index < -0.39 is 0 Å². The molecule has 0 radical (unpaired) electrons. The molecule has 0 aliphatic carbocycles. The van der Waals surface area contributed by atoms with Gasteiger partial charge in [-0.2, -0.15) is 5.10 Å². The predicted molar refractivity (Wildman–Crippen MR) is 76.8 cm³/mol. The summed E-state index contributed by atoms with van der Waals surface area (Å²) in [6.45, 7) is 1.86. The lowest BCUT2D eigenvalue weighted by Crippen LogP contribution is -2.16. The lowest BCUT2D eigenvalue weighted by Gasteiger charge is -2.06. The molecule has 4 nitrogen and oxygen atoms in total. The van der Waals surface area contributed by atoms with Crippen molar-refractivity contribution >= 4 is 23.2 Å². The van der Waals surface area contributed by atoms with Gasteiger partial charge in [-0.15, -0.1) is 11.6 Å². The molecule has 1 heterocycles. The normalized spacial score (nSPS) is 10.5. The molecule has 0 aliphatic rings. The molecule has 1 aromatic heterocycles. The second-order valence-corrected chi connectivity index (χ2v) is 4.76. The van der Waals surface area contributed by atoms with Crippen molar-refractivity contribution in [1.82, 2.24) is 9.78 Å². The van der Waals surface area contributed by atoms with Crippen LogP contribution in [0.1, 0.15) is 21.7 Å². The number of nitrogens with one attached hydrogen (secondary N) is 1. The van der Waals surface area contributed by atoms with Gasteiger partial charge in [-0.25, -0.2) is 0 Å². The number of carbonyl (C=O) groups is 1. The molecule has 0 saturated heterocycles. The Balaban J connectivity index is 2.08. The highest BCUT2D eigenvalue weighted by Gasteiger charge is 2.11. The smallest absolute Gasteiger partial charge is 0.273 e. The van der Waals surface area contributed by atoms with Crippen molar-refractivity contribution < 1.29 is 4.79 Å². The molecule has 0 spiro atoms. The summed E-state index contributed by atoms with van der Waals surface area (Å²) in [7, 11) is 1.76. The molecule has 1 aromatic carbocycles. The maximum absolute atomic E-state index is 12.1. The molecule has 0 unspecified atom stereocenters. The van der Waals surface area contributed by atoms with E-state index in [0.29, 0.717) is 11.6 Å². The zero-order valence-corrected chi connectivity index (χ0v) is 11.7. The third-order valence-corrected chi connectivity index (χ3v) is 3.02. The zero-order valence-electron chi connectivity index (χ0n) is 11.0. The number of aryl methyl sites for hydroxylation is 3. The van der Waals surface area contributed by atoms with Crippen LogP contribution in [-0.2, 0) is 13.5 Å². The van der Waals surface area contributed by atoms with Gasteiger partial charge in [0.05, 0.1) is 5.69 Å². The van der Waals surface area contributed by atoms with Crippen LogP contribution in [0.5, 0.6) is 0 Å². The van der Waals surface area contributed by atoms with Gasteiger partial charge >= 0.3 is 0 Å². The Kier molecular flexibility index (Phi) is 4.22. The van der Waals surface area contributed by atoms with E-state index >= 15 is 0 Å². The van der Waals surface area contributed by atoms with Gasteiger partial charge in [0.1, 0.15) is 5.69 Å². The lowest BCUT2D eigenvalue weighted by atomic mass is 10.1. The van der Waals surface area contributed by atoms with Crippen molar-refractivity contribution in [3.05, 3.63) is 47.3 Å². The maximum Gasteiger partial charge on any atom is 0.273 e. The number of carbonyl (C=O) groups excluding carboxylic acids is 1. The first-order chi connectivity index (χ1) is 9.10. The number of nitrogens with zero attached hydrogens (tertiary/aromatic N) is 2. The first-order valence-corrected chi connectivity index (χ1v) is 6.60. The monoisotopic (exact) mass is 277 g/mol. The van der Waals surface area contributed by atoms with Gasteiger partial charge in [0.15, 0.2) is 0 Å². The summed E-state index contributed by atoms with van der Waals surface area (Å²) in [5, 5.41) is 7.00. The summed E-state index contributed by atoms with van der Waals surface area (Å²) in [6, 6.07) is 9.45. The molecule has 0 saturated carbocycles. The average Bonchev–Trinajstić information content (AvgIpc) is 2.71. The van der Waals surface area contributed by atoms with Crippen molar-refractivity contribution in [2.75, 3.05) is 11.2 Å². The van der Waals surface area contributed by atoms with Crippen molar-refractivity contribution in [3.63, 3.8) is 0 Å². The number of alkyl halides is 1. The summed E-state index contributed by atoms with van der Waals surface area (Å²) < 4.78 is 1.58. The van der Waals surface area contributed by atoms with E-state index in [1.807, 2.05) is 31.2 Å². The van der Waals surface area contributed by atoms with E-state index in [1.54, 1.807) is 17.8 Å². The van der Waals surface area contributed by atoms with Gasteiger partial charge in [-0.05, 0) is 37.1 Å². The Labute approximate surface area is 117 Å². The number of amides is 1. The van der Waals surface area contributed by atoms with Gasteiger partial charge < -0.3 is 5.32 Å². The molecule has 0 bridgehead atoms. The van der Waals surface area contributed by atoms with Crippen molar-refractivity contribution in [2.24, 2.45) is 7.05 Å². The highest BCUT2D eigenvalue weighted by molar-refractivity contribution is 6.18. The first kappa shape index (κ1) is 13.6. The fourth-order valence-corrected chi connectivity index (χ4v) is 2.10. The summed E-state index contributed by atoms with van der Waals surface area (Å²) in [5.41, 5.74) is 3.29. The minimum absolute atomic E-state index is 0.159. The van der Waals surface area contributed by atoms with Gasteiger partial charge in [0, 0.05) is 18.6 Å². The molecule has 1 N–H and O–H groups in total. The fraction of sp³-hybridized carbons (Fsp3) is 0.286. The van der Waals surface area contributed by atoms with E-state index in [1.165, 1.54) is 0 Å². The molecule has 0 aliphatic heterocycles. The third kappa shape index (κ3) is 3.35. The lowest BCUT2D eigenvalue weighted by molar-refractivity contribution is 0.101. The van der Waals surface area contributed by atoms with Crippen LogP contribution in [-0.4, -0.2) is 21.6 Å². The molecule has 2 rings (SSSR count). The van der Waals surface area contributed by atoms with E-state index in [9.17, 15) is 4.79 Å². The van der Waals surface area contributed by atoms with Crippen LogP contribution in [0.3, 0.4) is 0 Å². The zero-order chi connectivity index (χ0) is 13.8. The van der Waals surface area contributed by atoms with Crippen LogP contribution >= 0.6 is 11.6 Å². The number of benzene rings is 1. The second kappa shape index (κ2) is 5.89. The topological polar surface area (TPSA) is 46.9 Å². The minimum atomic E-state index is -0.159. The van der Waals surface area contributed by atoms with E-state index in [-0.39, 0.29) is 5.91 Å². The Morgan fingerprint density at radius 1 is 1.37 bits per heavy atom. The predicted octanol–water partition coefficient (Wildman–Crippen LogP) is 2.76. The highest BCUT2D eigenvalue weighted by Crippen LogP contribution is 2.12. The number of rotatable bonds is 4. The number of hydrogen-bond donors (Lipinski definition) is 1. The molecular formula is C14H16ClN3O. The number of aromatic nitrogens is 2. The summed E-state index contributed by atoms with van der Waals surface area (Å²) >= 11 is 5.68. The first-order valence-electron chi connectivity index (χ1n) is 6.07. The Morgan fingerprint density at radius 3 is 2.58 bits per heavy atom. The molecule has 100 valence electrons. The number of halogens is 1. The Hall–Kier alpha value is -1.81. The number of anilines is 1. The average molecular weight is 278 g/mol. The van der Waals surface area contributed by atoms with E-state index in [0.717, 1.165) is 23.4 Å². The van der Waals surface area contributed by atoms with Gasteiger partial charge in [0.25, 0.3) is 5.91 Å². The van der Waals surface area contributed by atoms with Crippen molar-refractivity contribution in [1.29, 1.82) is 0 Å². The highest BCUT2D eigenvalue weighted by atomic mass is 35.5. The molecule has 1 amide bonds. The van der Waals surface area contributed by atoms with Crippen molar-refractivity contribution in [3.8, 4) is 0 Å². The minimum Gasteiger partial charge on any atom is -0.321 e. The standard InChI is InChI=1S/C14H16ClN3O/c1-10-9-13(18(2)17-10)14(19)16-12-5-3-11(4-6-12)7-8-15/h3-6,9H,7-8H2,1-2H3,(H,16,19). The summed E-state index contributed by atoms with van der Waals surface area (Å²) in [5.74, 6) is 0.438. The largest absolute Gasteiger partial charge is 0.321 e. The Morgan fingerprint density at radius 2 is 2.05 bits per heavy atom. The maximum atomic E-state index is 12.1. The van der Waals surface area contributed by atoms with Crippen molar-refractivity contribution in [2.45, 2.75) is 13.3 Å². The molecule has 2 aromatic rings. The summed E-state index contributed by atoms with van der Waals surface area (Å²) in [6.07, 6.45) is 0.830. The molecule has 5 heteroatoms. The van der Waals surface area contributed by atoms with Gasteiger partial charge in [0.2, 0.25) is 0 Å². The number of hydrogen-bond acceptors (Lipinski definition) is 2. The summed E-state index contributed by atoms with van der Waals surface area (Å²) in [4.78, 5) is 12.1. The van der Waals surface area contributed by atoms with Crippen LogP contribution in [0.15, 0.2) is 30.3 Å². The van der Waals surface area contributed by atoms with Crippen LogP contribution < -0.4 is 5.32 Å². The van der Waals surface area contributed by atoms with Crippen LogP contribution in [0, 0.1) is 6.92 Å². The molecular weight excluding hydrogens is 262 g/mol. The van der Waals surface area contributed by atoms with Crippen LogP contribution in [0.4, 0.5) is 5.69 Å². The van der Waals surface area contributed by atoms with Gasteiger partial charge in [-0.3, -0.25) is 9.48 Å². The SMILES string of the molecule is Cc1cc(C(=O)Nc2ccc(CCCl)cc2)n(C)n1. The van der Waals surface area contributed by atoms with Crippen LogP contribution in [0.25, 0.3) is 0 Å².